The zero-order chi connectivity index (χ0) is 16.2. The third kappa shape index (κ3) is 4.58. The van der Waals surface area contributed by atoms with E-state index in [0.717, 1.165) is 17.0 Å². The Morgan fingerprint density at radius 1 is 1.29 bits per heavy atom. The van der Waals surface area contributed by atoms with E-state index in [-0.39, 0.29) is 24.9 Å². The van der Waals surface area contributed by atoms with Crippen LogP contribution in [0, 0.1) is 13.8 Å². The van der Waals surface area contributed by atoms with Crippen LogP contribution in [-0.2, 0) is 23.1 Å². The summed E-state index contributed by atoms with van der Waals surface area (Å²) in [5.74, 6) is -0.888. The van der Waals surface area contributed by atoms with Gasteiger partial charge in [0.15, 0.2) is 0 Å². The van der Waals surface area contributed by atoms with Crippen LogP contribution in [0.2, 0.25) is 0 Å². The lowest BCUT2D eigenvalue weighted by Gasteiger charge is -2.26. The Bertz CT molecular complexity index is 520. The monoisotopic (exact) mass is 295 g/mol. The van der Waals surface area contributed by atoms with Crippen molar-refractivity contribution in [3.05, 3.63) is 17.0 Å². The molecule has 0 spiro atoms. The number of aryl methyl sites for hydroxylation is 2. The van der Waals surface area contributed by atoms with Gasteiger partial charge in [-0.05, 0) is 39.7 Å². The van der Waals surface area contributed by atoms with Gasteiger partial charge in [-0.3, -0.25) is 14.3 Å². The number of carbonyl (C=O) groups is 2. The first kappa shape index (κ1) is 17.2. The van der Waals surface area contributed by atoms with Gasteiger partial charge < -0.3 is 10.0 Å². The quantitative estimate of drug-likeness (QED) is 0.830. The summed E-state index contributed by atoms with van der Waals surface area (Å²) in [7, 11) is 1.89. The molecule has 118 valence electrons. The lowest BCUT2D eigenvalue weighted by Crippen LogP contribution is -2.38. The third-order valence-corrected chi connectivity index (χ3v) is 3.76. The van der Waals surface area contributed by atoms with Crippen molar-refractivity contribution in [1.82, 2.24) is 14.7 Å². The Kier molecular flexibility index (Phi) is 5.93. The molecule has 0 bridgehead atoms. The lowest BCUT2D eigenvalue weighted by atomic mass is 10.1. The van der Waals surface area contributed by atoms with Gasteiger partial charge in [0, 0.05) is 31.7 Å². The van der Waals surface area contributed by atoms with Gasteiger partial charge in [0.2, 0.25) is 5.91 Å². The number of carboxylic acid groups (broad SMARTS) is 1. The highest BCUT2D eigenvalue weighted by Crippen LogP contribution is 2.15. The lowest BCUT2D eigenvalue weighted by molar-refractivity contribution is -0.139. The fraction of sp³-hybridized carbons (Fsp3) is 0.667. The van der Waals surface area contributed by atoms with E-state index in [1.54, 1.807) is 4.90 Å². The van der Waals surface area contributed by atoms with E-state index in [4.69, 9.17) is 5.11 Å². The number of carboxylic acids is 1. The molecule has 0 atom stereocenters. The molecule has 1 heterocycles. The van der Waals surface area contributed by atoms with Crippen molar-refractivity contribution >= 4 is 11.9 Å². The van der Waals surface area contributed by atoms with Crippen LogP contribution < -0.4 is 0 Å². The van der Waals surface area contributed by atoms with Crippen LogP contribution in [0.5, 0.6) is 0 Å². The Morgan fingerprint density at radius 2 is 1.90 bits per heavy atom. The molecule has 0 unspecified atom stereocenters. The second-order valence-corrected chi connectivity index (χ2v) is 5.60. The van der Waals surface area contributed by atoms with Crippen LogP contribution in [0.3, 0.4) is 0 Å². The summed E-state index contributed by atoms with van der Waals surface area (Å²) in [4.78, 5) is 24.6. The molecule has 0 fully saturated rings. The summed E-state index contributed by atoms with van der Waals surface area (Å²) >= 11 is 0. The fourth-order valence-electron chi connectivity index (χ4n) is 2.44. The van der Waals surface area contributed by atoms with Gasteiger partial charge in [0.25, 0.3) is 0 Å². The largest absolute Gasteiger partial charge is 0.481 e. The van der Waals surface area contributed by atoms with Crippen molar-refractivity contribution in [1.29, 1.82) is 0 Å². The molecule has 1 N–H and O–H groups in total. The zero-order valence-electron chi connectivity index (χ0n) is 13.5. The van der Waals surface area contributed by atoms with Gasteiger partial charge in [-0.15, -0.1) is 0 Å². The maximum atomic E-state index is 12.3. The fourth-order valence-corrected chi connectivity index (χ4v) is 2.44. The molecule has 1 aromatic heterocycles. The van der Waals surface area contributed by atoms with Gasteiger partial charge >= 0.3 is 5.97 Å². The van der Waals surface area contributed by atoms with Gasteiger partial charge in [0.05, 0.1) is 12.1 Å². The molecule has 1 amide bonds. The minimum absolute atomic E-state index is 0.00565. The summed E-state index contributed by atoms with van der Waals surface area (Å²) in [6.07, 6.45) is 1.00. The minimum Gasteiger partial charge on any atom is -0.481 e. The van der Waals surface area contributed by atoms with Crippen molar-refractivity contribution in [2.75, 3.05) is 6.54 Å². The normalized spacial score (nSPS) is 11.0. The van der Waals surface area contributed by atoms with Crippen molar-refractivity contribution in [3.63, 3.8) is 0 Å². The number of rotatable bonds is 7. The standard InChI is InChI=1S/C15H25N3O3/c1-10(2)18(9-8-15(20)21)14(19)7-6-13-11(3)16-17(5)12(13)4/h10H,6-9H2,1-5H3,(H,20,21). The van der Waals surface area contributed by atoms with Crippen molar-refractivity contribution in [3.8, 4) is 0 Å². The molecular weight excluding hydrogens is 270 g/mol. The highest BCUT2D eigenvalue weighted by molar-refractivity contribution is 5.77. The van der Waals surface area contributed by atoms with E-state index >= 15 is 0 Å². The van der Waals surface area contributed by atoms with Crippen LogP contribution in [-0.4, -0.2) is 44.3 Å². The predicted octanol–water partition coefficient (Wildman–Crippen LogP) is 1.68. The highest BCUT2D eigenvalue weighted by atomic mass is 16.4. The van der Waals surface area contributed by atoms with Crippen molar-refractivity contribution in [2.45, 2.75) is 53.0 Å². The smallest absolute Gasteiger partial charge is 0.305 e. The molecule has 0 saturated carbocycles. The molecule has 6 heteroatoms. The Hall–Kier alpha value is -1.85. The first-order chi connectivity index (χ1) is 9.73. The van der Waals surface area contributed by atoms with Crippen LogP contribution >= 0.6 is 0 Å². The number of nitrogens with zero attached hydrogens (tertiary/aromatic N) is 3. The van der Waals surface area contributed by atoms with Crippen LogP contribution in [0.25, 0.3) is 0 Å². The molecule has 6 nitrogen and oxygen atoms in total. The van der Waals surface area contributed by atoms with E-state index in [0.29, 0.717) is 12.8 Å². The van der Waals surface area contributed by atoms with Crippen LogP contribution in [0.4, 0.5) is 0 Å². The van der Waals surface area contributed by atoms with Gasteiger partial charge in [-0.25, -0.2) is 0 Å². The molecule has 0 radical (unpaired) electrons. The average Bonchev–Trinajstić information content (AvgIpc) is 2.60. The Labute approximate surface area is 125 Å². The molecule has 1 rings (SSSR count). The SMILES string of the molecule is Cc1nn(C)c(C)c1CCC(=O)N(CCC(=O)O)C(C)C. The Morgan fingerprint density at radius 3 is 2.33 bits per heavy atom. The van der Waals surface area contributed by atoms with E-state index in [9.17, 15) is 9.59 Å². The number of aliphatic carboxylic acids is 1. The van der Waals surface area contributed by atoms with Crippen molar-refractivity contribution in [2.24, 2.45) is 7.05 Å². The maximum Gasteiger partial charge on any atom is 0.305 e. The molecule has 0 aliphatic heterocycles. The van der Waals surface area contributed by atoms with E-state index in [2.05, 4.69) is 5.10 Å². The number of carbonyl (C=O) groups excluding carboxylic acids is 1. The number of aromatic nitrogens is 2. The van der Waals surface area contributed by atoms with Crippen LogP contribution in [0.15, 0.2) is 0 Å². The van der Waals surface area contributed by atoms with Crippen LogP contribution in [0.1, 0.15) is 43.6 Å². The average molecular weight is 295 g/mol. The maximum absolute atomic E-state index is 12.3. The number of hydrogen-bond donors (Lipinski definition) is 1. The first-order valence-electron chi connectivity index (χ1n) is 7.24. The molecule has 0 saturated heterocycles. The van der Waals surface area contributed by atoms with Gasteiger partial charge in [-0.1, -0.05) is 0 Å². The zero-order valence-corrected chi connectivity index (χ0v) is 13.5. The number of hydrogen-bond acceptors (Lipinski definition) is 3. The third-order valence-electron chi connectivity index (χ3n) is 3.76. The van der Waals surface area contributed by atoms with E-state index in [1.807, 2.05) is 39.4 Å². The van der Waals surface area contributed by atoms with E-state index < -0.39 is 5.97 Å². The molecule has 0 aliphatic rings. The molecule has 1 aromatic rings. The van der Waals surface area contributed by atoms with Gasteiger partial charge in [0.1, 0.15) is 0 Å². The second-order valence-electron chi connectivity index (χ2n) is 5.60. The summed E-state index contributed by atoms with van der Waals surface area (Å²) in [6, 6.07) is 0.00735. The molecule has 0 aromatic carbocycles. The Balaban J connectivity index is 2.67. The first-order valence-corrected chi connectivity index (χ1v) is 7.24. The number of amides is 1. The summed E-state index contributed by atoms with van der Waals surface area (Å²) in [6.45, 7) is 8.00. The molecular formula is C15H25N3O3. The topological polar surface area (TPSA) is 75.4 Å². The highest BCUT2D eigenvalue weighted by Gasteiger charge is 2.19. The molecule has 0 aliphatic carbocycles. The second kappa shape index (κ2) is 7.24. The van der Waals surface area contributed by atoms with Gasteiger partial charge in [-0.2, -0.15) is 5.10 Å². The summed E-state index contributed by atoms with van der Waals surface area (Å²) < 4.78 is 1.82. The van der Waals surface area contributed by atoms with E-state index in [1.165, 1.54) is 0 Å². The summed E-state index contributed by atoms with van der Waals surface area (Å²) in [5, 5.41) is 13.1. The summed E-state index contributed by atoms with van der Waals surface area (Å²) in [5.41, 5.74) is 3.12. The predicted molar refractivity (Wildman–Crippen MR) is 80.1 cm³/mol. The molecule has 21 heavy (non-hydrogen) atoms. The minimum atomic E-state index is -0.882. The van der Waals surface area contributed by atoms with Crippen molar-refractivity contribution < 1.29 is 14.7 Å².